The molecule has 0 aliphatic heterocycles. The summed E-state index contributed by atoms with van der Waals surface area (Å²) in [5.41, 5.74) is 2.10. The van der Waals surface area contributed by atoms with E-state index in [1.165, 1.54) is 0 Å². The normalized spacial score (nSPS) is 16.9. The predicted molar refractivity (Wildman–Crippen MR) is 94.1 cm³/mol. The number of aliphatic hydroxyl groups excluding tert-OH is 1. The number of aryl methyl sites for hydroxylation is 1. The number of nitrogens with one attached hydrogen (secondary N) is 1. The average molecular weight is 359 g/mol. The summed E-state index contributed by atoms with van der Waals surface area (Å²) in [4.78, 5) is 11.9. The van der Waals surface area contributed by atoms with Gasteiger partial charge in [0.15, 0.2) is 0 Å². The van der Waals surface area contributed by atoms with Crippen LogP contribution in [0.1, 0.15) is 29.9 Å². The average Bonchev–Trinajstić information content (AvgIpc) is 2.66. The lowest BCUT2D eigenvalue weighted by molar-refractivity contribution is -0.123. The van der Waals surface area contributed by atoms with Gasteiger partial charge < -0.3 is 10.4 Å². The Bertz CT molecular complexity index is 862. The molecule has 0 radical (unpaired) electrons. The maximum atomic E-state index is 12.8. The van der Waals surface area contributed by atoms with Crippen molar-refractivity contribution in [2.24, 2.45) is 0 Å². The molecular weight excluding hydrogens is 338 g/mol. The quantitative estimate of drug-likeness (QED) is 0.856. The highest BCUT2D eigenvalue weighted by atomic mass is 32.2. The van der Waals surface area contributed by atoms with Gasteiger partial charge in [0.1, 0.15) is 6.61 Å². The molecule has 0 aromatic heterocycles. The summed E-state index contributed by atoms with van der Waals surface area (Å²) in [6.07, 6.45) is 2.71. The van der Waals surface area contributed by atoms with Crippen LogP contribution >= 0.6 is 0 Å². The van der Waals surface area contributed by atoms with Gasteiger partial charge in [-0.1, -0.05) is 24.3 Å². The number of carbonyl (C=O) groups is 1. The molecule has 25 heavy (non-hydrogen) atoms. The molecule has 1 unspecified atom stereocenters. The van der Waals surface area contributed by atoms with E-state index in [2.05, 4.69) is 5.32 Å². The van der Waals surface area contributed by atoms with Crippen molar-refractivity contribution in [2.75, 3.05) is 13.2 Å². The van der Waals surface area contributed by atoms with Crippen LogP contribution in [0.5, 0.6) is 0 Å². The number of fused-ring (bicyclic) bond motifs is 1. The number of aliphatic hydroxyl groups is 1. The maximum absolute atomic E-state index is 12.8. The van der Waals surface area contributed by atoms with Crippen LogP contribution in [0.3, 0.4) is 0 Å². The second-order valence-electron chi connectivity index (χ2n) is 6.23. The molecule has 0 bridgehead atoms. The molecule has 2 aromatic carbocycles. The van der Waals surface area contributed by atoms with Gasteiger partial charge in [-0.15, -0.1) is 0 Å². The molecule has 0 saturated heterocycles. The van der Waals surface area contributed by atoms with Crippen molar-refractivity contribution in [3.8, 4) is 0 Å². The van der Waals surface area contributed by atoms with Crippen LogP contribution < -0.4 is 5.32 Å². The topological polar surface area (TPSA) is 83.5 Å². The Morgan fingerprint density at radius 2 is 1.88 bits per heavy atom. The first-order valence-corrected chi connectivity index (χ1v) is 9.81. The van der Waals surface area contributed by atoms with Gasteiger partial charge in [-0.2, -0.15) is 0 Å². The van der Waals surface area contributed by atoms with E-state index >= 15 is 0 Å². The lowest BCUT2D eigenvalue weighted by atomic mass is 9.83. The minimum Gasteiger partial charge on any atom is -0.387 e. The summed E-state index contributed by atoms with van der Waals surface area (Å²) in [6, 6.07) is 13.7. The molecule has 2 N–H and O–H groups in total. The minimum absolute atomic E-state index is 0.146. The Kier molecular flexibility index (Phi) is 5.20. The van der Waals surface area contributed by atoms with E-state index in [4.69, 9.17) is 5.11 Å². The molecule has 0 saturated carbocycles. The van der Waals surface area contributed by atoms with Gasteiger partial charge in [-0.05, 0) is 54.7 Å². The summed E-state index contributed by atoms with van der Waals surface area (Å²) < 4.78 is 25.5. The highest BCUT2D eigenvalue weighted by molar-refractivity contribution is 7.91. The molecule has 3 rings (SSSR count). The van der Waals surface area contributed by atoms with Gasteiger partial charge in [0.25, 0.3) is 0 Å². The van der Waals surface area contributed by atoms with Crippen LogP contribution in [0.25, 0.3) is 0 Å². The number of hydrogen-bond donors (Lipinski definition) is 2. The second kappa shape index (κ2) is 7.37. The van der Waals surface area contributed by atoms with Crippen molar-refractivity contribution >= 4 is 15.7 Å². The van der Waals surface area contributed by atoms with Gasteiger partial charge in [-0.3, -0.25) is 4.79 Å². The minimum atomic E-state index is -3.52. The van der Waals surface area contributed by atoms with Gasteiger partial charge in [0.2, 0.25) is 15.7 Å². The van der Waals surface area contributed by atoms with Crippen LogP contribution in [-0.2, 0) is 21.1 Å². The Morgan fingerprint density at radius 3 is 2.60 bits per heavy atom. The van der Waals surface area contributed by atoms with Gasteiger partial charge in [0, 0.05) is 12.5 Å². The molecule has 2 aromatic rings. The molecule has 1 amide bonds. The van der Waals surface area contributed by atoms with Crippen LogP contribution in [0.2, 0.25) is 0 Å². The summed E-state index contributed by atoms with van der Waals surface area (Å²) >= 11 is 0. The van der Waals surface area contributed by atoms with E-state index in [1.807, 2.05) is 6.07 Å². The lowest BCUT2D eigenvalue weighted by Gasteiger charge is -2.26. The van der Waals surface area contributed by atoms with Crippen molar-refractivity contribution in [1.82, 2.24) is 5.32 Å². The lowest BCUT2D eigenvalue weighted by Crippen LogP contribution is -2.31. The first kappa shape index (κ1) is 17.6. The van der Waals surface area contributed by atoms with Crippen LogP contribution in [0.4, 0.5) is 0 Å². The summed E-state index contributed by atoms with van der Waals surface area (Å²) in [7, 11) is -3.52. The zero-order valence-corrected chi connectivity index (χ0v) is 14.6. The summed E-state index contributed by atoms with van der Waals surface area (Å²) in [5.74, 6) is -0.247. The third kappa shape index (κ3) is 3.75. The van der Waals surface area contributed by atoms with Gasteiger partial charge >= 0.3 is 0 Å². The Hall–Kier alpha value is -2.18. The fraction of sp³-hybridized carbons (Fsp3) is 0.316. The van der Waals surface area contributed by atoms with Crippen LogP contribution in [0, 0.1) is 0 Å². The Morgan fingerprint density at radius 1 is 1.12 bits per heavy atom. The largest absolute Gasteiger partial charge is 0.387 e. The molecule has 5 nitrogen and oxygen atoms in total. The molecule has 1 aliphatic rings. The number of hydrogen-bond acceptors (Lipinski definition) is 4. The van der Waals surface area contributed by atoms with Crippen LogP contribution in [0.15, 0.2) is 58.3 Å². The molecule has 0 fully saturated rings. The first-order chi connectivity index (χ1) is 12.0. The number of benzene rings is 2. The van der Waals surface area contributed by atoms with Gasteiger partial charge in [-0.25, -0.2) is 8.42 Å². The SMILES string of the molecule is O=C(CO)NCC1CCCc2cc(S(=O)(=O)c3ccccc3)ccc21. The van der Waals surface area contributed by atoms with E-state index in [1.54, 1.807) is 42.5 Å². The van der Waals surface area contributed by atoms with Crippen LogP contribution in [-0.4, -0.2) is 32.6 Å². The molecule has 6 heteroatoms. The van der Waals surface area contributed by atoms with E-state index < -0.39 is 22.4 Å². The molecule has 1 atom stereocenters. The Balaban J connectivity index is 1.88. The third-order valence-corrected chi connectivity index (χ3v) is 6.37. The van der Waals surface area contributed by atoms with Crippen molar-refractivity contribution in [2.45, 2.75) is 35.0 Å². The zero-order valence-electron chi connectivity index (χ0n) is 13.8. The van der Waals surface area contributed by atoms with Crippen molar-refractivity contribution in [3.63, 3.8) is 0 Å². The second-order valence-corrected chi connectivity index (χ2v) is 8.18. The van der Waals surface area contributed by atoms with E-state index in [-0.39, 0.29) is 10.8 Å². The fourth-order valence-corrected chi connectivity index (χ4v) is 4.63. The van der Waals surface area contributed by atoms with E-state index in [0.717, 1.165) is 30.4 Å². The number of carbonyl (C=O) groups excluding carboxylic acids is 1. The van der Waals surface area contributed by atoms with Crippen molar-refractivity contribution < 1.29 is 18.3 Å². The monoisotopic (exact) mass is 359 g/mol. The molecule has 0 spiro atoms. The van der Waals surface area contributed by atoms with E-state index in [9.17, 15) is 13.2 Å². The highest BCUT2D eigenvalue weighted by Crippen LogP contribution is 2.33. The number of sulfone groups is 1. The molecular formula is C19H21NO4S. The molecule has 132 valence electrons. The van der Waals surface area contributed by atoms with Crippen molar-refractivity contribution in [3.05, 3.63) is 59.7 Å². The highest BCUT2D eigenvalue weighted by Gasteiger charge is 2.24. The van der Waals surface area contributed by atoms with Crippen molar-refractivity contribution in [1.29, 1.82) is 0 Å². The zero-order chi connectivity index (χ0) is 17.9. The fourth-order valence-electron chi connectivity index (χ4n) is 3.30. The molecule has 1 aliphatic carbocycles. The number of amides is 1. The Labute approximate surface area is 147 Å². The summed E-state index contributed by atoms with van der Waals surface area (Å²) in [5, 5.41) is 11.5. The number of rotatable bonds is 5. The van der Waals surface area contributed by atoms with Gasteiger partial charge in [0.05, 0.1) is 9.79 Å². The van der Waals surface area contributed by atoms with E-state index in [0.29, 0.717) is 11.4 Å². The smallest absolute Gasteiger partial charge is 0.245 e. The maximum Gasteiger partial charge on any atom is 0.245 e. The summed E-state index contributed by atoms with van der Waals surface area (Å²) in [6.45, 7) is -0.0645. The first-order valence-electron chi connectivity index (χ1n) is 8.33. The predicted octanol–water partition coefficient (Wildman–Crippen LogP) is 2.05. The third-order valence-electron chi connectivity index (χ3n) is 4.61. The standard InChI is InChI=1S/C19H21NO4S/c21-13-19(22)20-12-15-6-4-5-14-11-17(9-10-18(14)15)25(23,24)16-7-2-1-3-8-16/h1-3,7-11,15,21H,4-6,12-13H2,(H,20,22). The molecule has 0 heterocycles.